The van der Waals surface area contributed by atoms with Gasteiger partial charge in [-0.3, -0.25) is 33.7 Å². The van der Waals surface area contributed by atoms with Gasteiger partial charge in [0, 0.05) is 55.5 Å². The maximum Gasteiger partial charge on any atom is 0.312 e. The molecule has 51 heavy (non-hydrogen) atoms. The topological polar surface area (TPSA) is 251 Å². The Hall–Kier alpha value is -5.07. The SMILES string of the molecule is CC(C)[C@H](NC(=O)CN(C)C)C(=O)N[C@@H](CCCNC(N)=O)C(=O)Nc1ccc(CO)c(OCCOCCNC(=O)CCN2C(=O)C=CC2=O)c1. The molecule has 0 fully saturated rings. The molecule has 2 atom stereocenters. The zero-order valence-corrected chi connectivity index (χ0v) is 29.5. The number of ether oxygens (including phenoxy) is 2. The molecule has 8 amide bonds. The molecule has 0 unspecified atom stereocenters. The van der Waals surface area contributed by atoms with E-state index in [0.717, 1.165) is 17.1 Å². The molecule has 18 heteroatoms. The lowest BCUT2D eigenvalue weighted by atomic mass is 10.0. The van der Waals surface area contributed by atoms with Crippen LogP contribution in [-0.4, -0.2) is 129 Å². The fourth-order valence-corrected chi connectivity index (χ4v) is 4.74. The molecule has 1 aromatic carbocycles. The van der Waals surface area contributed by atoms with Crippen molar-refractivity contribution < 1.29 is 48.1 Å². The van der Waals surface area contributed by atoms with Gasteiger partial charge < -0.3 is 51.8 Å². The standard InChI is InChI=1S/C33H50N8O10/c1-21(2)30(39-27(44)19-40(3)4)32(48)38-24(6-5-12-36-33(34)49)31(47)37-23-8-7-22(20-42)25(18-23)51-17-16-50-15-13-35-26(43)11-14-41-28(45)9-10-29(41)46/h7-10,18,21,24,30,42H,5-6,11-17,19-20H2,1-4H3,(H,35,43)(H,37,47)(H,38,48)(H,39,44)(H3,34,36,49)/t24-,30-/m0/s1. The van der Waals surface area contributed by atoms with Crippen molar-refractivity contribution in [2.45, 2.75) is 51.8 Å². The molecule has 8 N–H and O–H groups in total. The van der Waals surface area contributed by atoms with Gasteiger partial charge in [0.05, 0.1) is 26.4 Å². The van der Waals surface area contributed by atoms with Crippen molar-refractivity contribution in [3.8, 4) is 5.75 Å². The number of imide groups is 1. The van der Waals surface area contributed by atoms with E-state index in [1.807, 2.05) is 0 Å². The minimum absolute atomic E-state index is 0.0167. The number of hydrogen-bond acceptors (Lipinski definition) is 11. The highest BCUT2D eigenvalue weighted by Crippen LogP contribution is 2.24. The van der Waals surface area contributed by atoms with Crippen molar-refractivity contribution in [2.24, 2.45) is 11.7 Å². The number of likely N-dealkylation sites (N-methyl/N-ethyl adjacent to an activating group) is 1. The lowest BCUT2D eigenvalue weighted by Gasteiger charge is -2.26. The van der Waals surface area contributed by atoms with Crippen molar-refractivity contribution in [1.29, 1.82) is 0 Å². The van der Waals surface area contributed by atoms with Gasteiger partial charge in [0.2, 0.25) is 23.6 Å². The fraction of sp³-hybridized carbons (Fsp3) is 0.545. The maximum absolute atomic E-state index is 13.4. The number of aliphatic hydroxyl groups is 1. The average Bonchev–Trinajstić information content (AvgIpc) is 3.38. The number of carbonyl (C=O) groups excluding carboxylic acids is 7. The Morgan fingerprint density at radius 1 is 0.922 bits per heavy atom. The van der Waals surface area contributed by atoms with Gasteiger partial charge in [0.15, 0.2) is 0 Å². The summed E-state index contributed by atoms with van der Waals surface area (Å²) in [6.45, 7) is 3.99. The van der Waals surface area contributed by atoms with E-state index in [1.165, 1.54) is 6.07 Å². The third-order valence-electron chi connectivity index (χ3n) is 7.35. The van der Waals surface area contributed by atoms with Gasteiger partial charge >= 0.3 is 6.03 Å². The number of carbonyl (C=O) groups is 7. The second-order valence-corrected chi connectivity index (χ2v) is 12.2. The van der Waals surface area contributed by atoms with Crippen molar-refractivity contribution in [1.82, 2.24) is 31.1 Å². The second kappa shape index (κ2) is 21.9. The summed E-state index contributed by atoms with van der Waals surface area (Å²) < 4.78 is 11.3. The number of anilines is 1. The molecule has 282 valence electrons. The van der Waals surface area contributed by atoms with Gasteiger partial charge in [0.1, 0.15) is 24.4 Å². The van der Waals surface area contributed by atoms with Crippen LogP contribution in [0.15, 0.2) is 30.4 Å². The summed E-state index contributed by atoms with van der Waals surface area (Å²) >= 11 is 0. The number of amides is 8. The lowest BCUT2D eigenvalue weighted by molar-refractivity contribution is -0.137. The summed E-state index contributed by atoms with van der Waals surface area (Å²) in [6.07, 6.45) is 2.72. The summed E-state index contributed by atoms with van der Waals surface area (Å²) in [5, 5.41) is 23.1. The molecule has 0 radical (unpaired) electrons. The molecule has 0 bridgehead atoms. The molecular formula is C33H50N8O10. The van der Waals surface area contributed by atoms with E-state index in [0.29, 0.717) is 17.7 Å². The predicted molar refractivity (Wildman–Crippen MR) is 185 cm³/mol. The Bertz CT molecular complexity index is 1400. The zero-order chi connectivity index (χ0) is 37.9. The van der Waals surface area contributed by atoms with Crippen molar-refractivity contribution in [3.05, 3.63) is 35.9 Å². The molecule has 0 saturated heterocycles. The molecule has 1 heterocycles. The van der Waals surface area contributed by atoms with Gasteiger partial charge in [-0.05, 0) is 38.9 Å². The van der Waals surface area contributed by atoms with E-state index in [1.54, 1.807) is 45.0 Å². The first-order chi connectivity index (χ1) is 24.2. The molecule has 1 aromatic rings. The number of nitrogens with one attached hydrogen (secondary N) is 5. The van der Waals surface area contributed by atoms with Crippen molar-refractivity contribution in [3.63, 3.8) is 0 Å². The maximum atomic E-state index is 13.4. The number of hydrogen-bond donors (Lipinski definition) is 7. The summed E-state index contributed by atoms with van der Waals surface area (Å²) in [4.78, 5) is 88.0. The van der Waals surface area contributed by atoms with E-state index >= 15 is 0 Å². The second-order valence-electron chi connectivity index (χ2n) is 12.2. The predicted octanol–water partition coefficient (Wildman–Crippen LogP) is -1.42. The Morgan fingerprint density at radius 2 is 1.63 bits per heavy atom. The molecule has 0 aliphatic carbocycles. The van der Waals surface area contributed by atoms with E-state index in [4.69, 9.17) is 15.2 Å². The summed E-state index contributed by atoms with van der Waals surface area (Å²) in [5.74, 6) is -2.71. The van der Waals surface area contributed by atoms with Crippen LogP contribution in [0, 0.1) is 5.92 Å². The zero-order valence-electron chi connectivity index (χ0n) is 29.5. The number of urea groups is 1. The highest BCUT2D eigenvalue weighted by Gasteiger charge is 2.29. The normalized spacial score (nSPS) is 13.6. The number of benzene rings is 1. The molecule has 2 rings (SSSR count). The van der Waals surface area contributed by atoms with Crippen LogP contribution >= 0.6 is 0 Å². The van der Waals surface area contributed by atoms with Gasteiger partial charge in [-0.15, -0.1) is 0 Å². The van der Waals surface area contributed by atoms with Gasteiger partial charge in [-0.1, -0.05) is 19.9 Å². The summed E-state index contributed by atoms with van der Waals surface area (Å²) in [7, 11) is 3.45. The van der Waals surface area contributed by atoms with Crippen molar-refractivity contribution in [2.75, 3.05) is 65.4 Å². The van der Waals surface area contributed by atoms with Crippen LogP contribution in [0.4, 0.5) is 10.5 Å². The minimum Gasteiger partial charge on any atom is -0.491 e. The largest absolute Gasteiger partial charge is 0.491 e. The highest BCUT2D eigenvalue weighted by molar-refractivity contribution is 6.13. The smallest absolute Gasteiger partial charge is 0.312 e. The van der Waals surface area contributed by atoms with E-state index < -0.39 is 41.7 Å². The van der Waals surface area contributed by atoms with Crippen LogP contribution in [0.25, 0.3) is 0 Å². The first-order valence-electron chi connectivity index (χ1n) is 16.5. The van der Waals surface area contributed by atoms with Crippen LogP contribution in [0.3, 0.4) is 0 Å². The number of nitrogens with two attached hydrogens (primary N) is 1. The summed E-state index contributed by atoms with van der Waals surface area (Å²) in [6, 6.07) is 1.97. The van der Waals surface area contributed by atoms with E-state index in [-0.39, 0.29) is 88.9 Å². The van der Waals surface area contributed by atoms with Crippen LogP contribution in [0.2, 0.25) is 0 Å². The Morgan fingerprint density at radius 3 is 2.25 bits per heavy atom. The number of aliphatic hydroxyl groups excluding tert-OH is 1. The Labute approximate surface area is 296 Å². The van der Waals surface area contributed by atoms with Crippen LogP contribution in [0.1, 0.15) is 38.7 Å². The van der Waals surface area contributed by atoms with E-state index in [9.17, 15) is 38.7 Å². The highest BCUT2D eigenvalue weighted by atomic mass is 16.5. The monoisotopic (exact) mass is 718 g/mol. The third-order valence-corrected chi connectivity index (χ3v) is 7.35. The average molecular weight is 719 g/mol. The quantitative estimate of drug-likeness (QED) is 0.0511. The van der Waals surface area contributed by atoms with Gasteiger partial charge in [-0.2, -0.15) is 0 Å². The van der Waals surface area contributed by atoms with Crippen LogP contribution in [-0.2, 0) is 40.1 Å². The third kappa shape index (κ3) is 15.6. The first-order valence-corrected chi connectivity index (χ1v) is 16.5. The first kappa shape index (κ1) is 42.1. The fourth-order valence-electron chi connectivity index (χ4n) is 4.74. The van der Waals surface area contributed by atoms with Crippen LogP contribution in [0.5, 0.6) is 5.75 Å². The molecule has 1 aliphatic heterocycles. The summed E-state index contributed by atoms with van der Waals surface area (Å²) in [5.41, 5.74) is 5.90. The Kier molecular flexibility index (Phi) is 18.1. The van der Waals surface area contributed by atoms with Crippen molar-refractivity contribution >= 4 is 47.2 Å². The van der Waals surface area contributed by atoms with Crippen LogP contribution < -0.4 is 37.1 Å². The van der Waals surface area contributed by atoms with E-state index in [2.05, 4.69) is 26.6 Å². The number of rotatable bonds is 23. The lowest BCUT2D eigenvalue weighted by Crippen LogP contribution is -2.55. The minimum atomic E-state index is -1.04. The number of nitrogens with zero attached hydrogens (tertiary/aromatic N) is 2. The van der Waals surface area contributed by atoms with Gasteiger partial charge in [-0.25, -0.2) is 4.79 Å². The molecule has 1 aliphatic rings. The Balaban J connectivity index is 1.93. The molecule has 0 spiro atoms. The van der Waals surface area contributed by atoms with Gasteiger partial charge in [0.25, 0.3) is 11.8 Å². The molecule has 18 nitrogen and oxygen atoms in total. The number of primary amides is 1. The molecular weight excluding hydrogens is 668 g/mol. The molecule has 0 saturated carbocycles. The molecule has 0 aromatic heterocycles.